The molecule has 0 saturated heterocycles. The normalized spacial score (nSPS) is 10.2. The zero-order valence-corrected chi connectivity index (χ0v) is 12.6. The van der Waals surface area contributed by atoms with Crippen LogP contribution < -0.4 is 0 Å². The topological polar surface area (TPSA) is 77.1 Å². The number of imidazole rings is 1. The van der Waals surface area contributed by atoms with Gasteiger partial charge in [0.15, 0.2) is 0 Å². The average molecular weight is 299 g/mol. The first kappa shape index (κ1) is 15.7. The molecule has 0 amide bonds. The van der Waals surface area contributed by atoms with Gasteiger partial charge in [-0.25, -0.2) is 9.78 Å². The molecule has 22 heavy (non-hydrogen) atoms. The summed E-state index contributed by atoms with van der Waals surface area (Å²) >= 11 is 0. The number of nitriles is 1. The van der Waals surface area contributed by atoms with Gasteiger partial charge in [-0.05, 0) is 24.6 Å². The Hall–Kier alpha value is -2.65. The first-order valence-corrected chi connectivity index (χ1v) is 6.88. The minimum atomic E-state index is -0.515. The Morgan fingerprint density at radius 2 is 2.27 bits per heavy atom. The summed E-state index contributed by atoms with van der Waals surface area (Å²) in [5.41, 5.74) is 1.46. The van der Waals surface area contributed by atoms with Crippen LogP contribution in [0.15, 0.2) is 30.6 Å². The molecule has 2 rings (SSSR count). The second-order valence-corrected chi connectivity index (χ2v) is 4.59. The molecule has 0 unspecified atom stereocenters. The number of ether oxygens (including phenoxy) is 2. The maximum Gasteiger partial charge on any atom is 0.339 e. The third-order valence-corrected chi connectivity index (χ3v) is 3.20. The smallest absolute Gasteiger partial charge is 0.339 e. The second-order valence-electron chi connectivity index (χ2n) is 4.59. The third-order valence-electron chi connectivity index (χ3n) is 3.20. The third kappa shape index (κ3) is 3.51. The van der Waals surface area contributed by atoms with E-state index in [0.717, 1.165) is 11.4 Å². The van der Waals surface area contributed by atoms with Crippen LogP contribution in [0.4, 0.5) is 0 Å². The monoisotopic (exact) mass is 299 g/mol. The van der Waals surface area contributed by atoms with Crippen LogP contribution in [0.3, 0.4) is 0 Å². The summed E-state index contributed by atoms with van der Waals surface area (Å²) in [4.78, 5) is 16.0. The Labute approximate surface area is 128 Å². The van der Waals surface area contributed by atoms with Crippen molar-refractivity contribution in [1.29, 1.82) is 5.26 Å². The van der Waals surface area contributed by atoms with Crippen molar-refractivity contribution in [1.82, 2.24) is 9.55 Å². The lowest BCUT2D eigenvalue weighted by Gasteiger charge is -2.10. The molecule has 0 aliphatic rings. The van der Waals surface area contributed by atoms with Crippen molar-refractivity contribution in [2.45, 2.75) is 20.1 Å². The highest BCUT2D eigenvalue weighted by Crippen LogP contribution is 2.15. The summed E-state index contributed by atoms with van der Waals surface area (Å²) in [6, 6.07) is 7.11. The van der Waals surface area contributed by atoms with Crippen molar-refractivity contribution in [2.24, 2.45) is 0 Å². The Kier molecular flexibility index (Phi) is 5.28. The Bertz CT molecular complexity index is 701. The largest absolute Gasteiger partial charge is 0.465 e. The van der Waals surface area contributed by atoms with Crippen LogP contribution in [-0.2, 0) is 22.6 Å². The van der Waals surface area contributed by atoms with Crippen LogP contribution in [0, 0.1) is 11.3 Å². The maximum atomic E-state index is 11.7. The number of methoxy groups -OCH3 is 1. The molecular formula is C16H17N3O3. The van der Waals surface area contributed by atoms with Gasteiger partial charge in [0.1, 0.15) is 18.5 Å². The molecule has 0 bridgehead atoms. The van der Waals surface area contributed by atoms with Crippen LogP contribution in [0.2, 0.25) is 0 Å². The summed E-state index contributed by atoms with van der Waals surface area (Å²) in [5.74, 6) is 0.296. The van der Waals surface area contributed by atoms with E-state index < -0.39 is 5.97 Å². The van der Waals surface area contributed by atoms with Crippen LogP contribution >= 0.6 is 0 Å². The number of esters is 1. The van der Waals surface area contributed by atoms with E-state index in [1.54, 1.807) is 18.3 Å². The molecule has 0 radical (unpaired) electrons. The fourth-order valence-corrected chi connectivity index (χ4v) is 2.08. The number of hydrogen-bond donors (Lipinski definition) is 0. The number of hydrogen-bond acceptors (Lipinski definition) is 5. The molecule has 6 nitrogen and oxygen atoms in total. The van der Waals surface area contributed by atoms with Gasteiger partial charge in [0.25, 0.3) is 0 Å². The highest BCUT2D eigenvalue weighted by atomic mass is 16.5. The Balaban J connectivity index is 2.25. The maximum absolute atomic E-state index is 11.7. The van der Waals surface area contributed by atoms with E-state index >= 15 is 0 Å². The van der Waals surface area contributed by atoms with E-state index in [-0.39, 0.29) is 5.56 Å². The molecule has 0 aliphatic heterocycles. The predicted octanol–water partition coefficient (Wildman–Crippen LogP) is 2.13. The van der Waals surface area contributed by atoms with Crippen molar-refractivity contribution in [3.63, 3.8) is 0 Å². The van der Waals surface area contributed by atoms with Gasteiger partial charge in [0, 0.05) is 25.5 Å². The average Bonchev–Trinajstić information content (AvgIpc) is 2.99. The number of aromatic nitrogens is 2. The van der Waals surface area contributed by atoms with Crippen LogP contribution in [0.1, 0.15) is 34.2 Å². The first-order chi connectivity index (χ1) is 10.7. The van der Waals surface area contributed by atoms with Gasteiger partial charge in [-0.2, -0.15) is 5.26 Å². The summed E-state index contributed by atoms with van der Waals surface area (Å²) < 4.78 is 12.0. The van der Waals surface area contributed by atoms with E-state index in [2.05, 4.69) is 4.98 Å². The molecule has 0 saturated carbocycles. The molecule has 114 valence electrons. The van der Waals surface area contributed by atoms with Gasteiger partial charge < -0.3 is 14.0 Å². The Morgan fingerprint density at radius 3 is 2.95 bits per heavy atom. The lowest BCUT2D eigenvalue weighted by Crippen LogP contribution is -2.09. The first-order valence-electron chi connectivity index (χ1n) is 6.88. The number of rotatable bonds is 6. The molecule has 1 aromatic heterocycles. The van der Waals surface area contributed by atoms with Gasteiger partial charge in [0.2, 0.25) is 0 Å². The van der Waals surface area contributed by atoms with E-state index in [0.29, 0.717) is 25.3 Å². The predicted molar refractivity (Wildman–Crippen MR) is 79.2 cm³/mol. The molecule has 0 spiro atoms. The molecule has 6 heteroatoms. The van der Waals surface area contributed by atoms with Gasteiger partial charge >= 0.3 is 5.97 Å². The summed E-state index contributed by atoms with van der Waals surface area (Å²) in [6.07, 6.45) is 3.56. The number of nitrogens with zero attached hydrogens (tertiary/aromatic N) is 3. The minimum Gasteiger partial charge on any atom is -0.465 e. The van der Waals surface area contributed by atoms with E-state index in [1.807, 2.05) is 29.8 Å². The van der Waals surface area contributed by atoms with Crippen LogP contribution in [0.5, 0.6) is 0 Å². The fourth-order valence-electron chi connectivity index (χ4n) is 2.08. The molecular weight excluding hydrogens is 282 g/mol. The fraction of sp³-hybridized carbons (Fsp3) is 0.312. The van der Waals surface area contributed by atoms with Crippen LogP contribution in [0.25, 0.3) is 0 Å². The molecule has 0 fully saturated rings. The van der Waals surface area contributed by atoms with Crippen molar-refractivity contribution in [3.05, 3.63) is 53.1 Å². The molecule has 0 atom stereocenters. The van der Waals surface area contributed by atoms with Crippen LogP contribution in [-0.4, -0.2) is 29.2 Å². The molecule has 0 aliphatic carbocycles. The zero-order chi connectivity index (χ0) is 15.9. The van der Waals surface area contributed by atoms with E-state index in [4.69, 9.17) is 14.7 Å². The van der Waals surface area contributed by atoms with Gasteiger partial charge in [-0.15, -0.1) is 0 Å². The minimum absolute atomic E-state index is 0.272. The highest BCUT2D eigenvalue weighted by Gasteiger charge is 2.13. The zero-order valence-electron chi connectivity index (χ0n) is 12.6. The lowest BCUT2D eigenvalue weighted by atomic mass is 10.0. The number of benzene rings is 1. The highest BCUT2D eigenvalue weighted by molar-refractivity contribution is 5.92. The summed E-state index contributed by atoms with van der Waals surface area (Å²) in [5, 5.41) is 9.06. The van der Waals surface area contributed by atoms with Crippen molar-refractivity contribution in [3.8, 4) is 6.07 Å². The van der Waals surface area contributed by atoms with E-state index in [1.165, 1.54) is 7.11 Å². The van der Waals surface area contributed by atoms with Gasteiger partial charge in [0.05, 0.1) is 18.2 Å². The molecule has 0 N–H and O–H groups in total. The summed E-state index contributed by atoms with van der Waals surface area (Å²) in [7, 11) is 1.30. The molecule has 1 heterocycles. The van der Waals surface area contributed by atoms with Gasteiger partial charge in [-0.3, -0.25) is 0 Å². The van der Waals surface area contributed by atoms with Gasteiger partial charge in [-0.1, -0.05) is 6.07 Å². The quantitative estimate of drug-likeness (QED) is 0.764. The lowest BCUT2D eigenvalue weighted by molar-refractivity contribution is 0.0600. The van der Waals surface area contributed by atoms with E-state index in [9.17, 15) is 4.79 Å². The van der Waals surface area contributed by atoms with Crippen molar-refractivity contribution >= 4 is 5.97 Å². The number of carbonyl (C=O) groups is 1. The summed E-state index contributed by atoms with van der Waals surface area (Å²) in [6.45, 7) is 3.52. The number of carbonyl (C=O) groups excluding carboxylic acids is 1. The van der Waals surface area contributed by atoms with Crippen molar-refractivity contribution in [2.75, 3.05) is 13.7 Å². The SMILES string of the molecule is CCOCc1nccn1Cc1ccc(C#N)c(C(=O)OC)c1. The molecule has 2 aromatic rings. The standard InChI is InChI=1S/C16H17N3O3/c1-3-22-11-15-18-6-7-19(15)10-12-4-5-13(9-17)14(8-12)16(20)21-2/h4-8H,3,10-11H2,1-2H3. The second kappa shape index (κ2) is 7.38. The molecule has 1 aromatic carbocycles. The van der Waals surface area contributed by atoms with Crippen molar-refractivity contribution < 1.29 is 14.3 Å². The Morgan fingerprint density at radius 1 is 1.45 bits per heavy atom.